The first-order valence-electron chi connectivity index (χ1n) is 5.30. The predicted octanol–water partition coefficient (Wildman–Crippen LogP) is 1.84. The van der Waals surface area contributed by atoms with Gasteiger partial charge in [-0.3, -0.25) is 0 Å². The van der Waals surface area contributed by atoms with Crippen molar-refractivity contribution in [2.24, 2.45) is 0 Å². The van der Waals surface area contributed by atoms with Crippen molar-refractivity contribution in [3.63, 3.8) is 0 Å². The van der Waals surface area contributed by atoms with Gasteiger partial charge in [0.1, 0.15) is 0 Å². The molecule has 1 aromatic rings. The smallest absolute Gasteiger partial charge is 0.292 e. The molecule has 1 atom stereocenters. The molecule has 2 rings (SSSR count). The minimum Gasteiger partial charge on any atom is -0.379 e. The zero-order valence-electron chi connectivity index (χ0n) is 9.16. The van der Waals surface area contributed by atoms with Crippen molar-refractivity contribution in [3.05, 3.63) is 35.9 Å². The standard InChI is InChI=1S/C12H15F2NO/c1-15-8-7-11(16,12(13,14)9-15)10-5-3-2-4-6-10/h2-6,16H,7-9H2,1H3. The van der Waals surface area contributed by atoms with Gasteiger partial charge in [0.25, 0.3) is 5.92 Å². The van der Waals surface area contributed by atoms with Gasteiger partial charge in [-0.05, 0) is 19.0 Å². The minimum absolute atomic E-state index is 0.0561. The molecule has 1 fully saturated rings. The summed E-state index contributed by atoms with van der Waals surface area (Å²) in [7, 11) is 1.64. The Labute approximate surface area is 93.5 Å². The van der Waals surface area contributed by atoms with E-state index >= 15 is 0 Å². The average molecular weight is 227 g/mol. The second kappa shape index (κ2) is 3.79. The Balaban J connectivity index is 2.37. The van der Waals surface area contributed by atoms with Crippen LogP contribution < -0.4 is 0 Å². The molecule has 1 aliphatic heterocycles. The van der Waals surface area contributed by atoms with Crippen LogP contribution in [-0.2, 0) is 5.60 Å². The van der Waals surface area contributed by atoms with Gasteiger partial charge in [0.05, 0.1) is 6.54 Å². The summed E-state index contributed by atoms with van der Waals surface area (Å²) in [6.45, 7) is 0.0688. The molecule has 0 amide bonds. The van der Waals surface area contributed by atoms with Crippen molar-refractivity contribution in [2.45, 2.75) is 17.9 Å². The lowest BCUT2D eigenvalue weighted by molar-refractivity contribution is -0.219. The Morgan fingerprint density at radius 1 is 1.25 bits per heavy atom. The Morgan fingerprint density at radius 2 is 1.88 bits per heavy atom. The van der Waals surface area contributed by atoms with Crippen molar-refractivity contribution in [3.8, 4) is 0 Å². The van der Waals surface area contributed by atoms with E-state index in [1.165, 1.54) is 4.90 Å². The Morgan fingerprint density at radius 3 is 2.44 bits per heavy atom. The molecule has 0 aromatic heterocycles. The fourth-order valence-electron chi connectivity index (χ4n) is 2.15. The van der Waals surface area contributed by atoms with E-state index in [0.29, 0.717) is 12.1 Å². The number of aliphatic hydroxyl groups is 1. The maximum absolute atomic E-state index is 13.9. The SMILES string of the molecule is CN1CCC(O)(c2ccccc2)C(F)(F)C1. The molecule has 0 spiro atoms. The fraction of sp³-hybridized carbons (Fsp3) is 0.500. The first-order chi connectivity index (χ1) is 7.46. The molecule has 0 saturated carbocycles. The maximum atomic E-state index is 13.9. The molecular formula is C12H15F2NO. The van der Waals surface area contributed by atoms with Gasteiger partial charge in [-0.2, -0.15) is 0 Å². The van der Waals surface area contributed by atoms with Gasteiger partial charge in [-0.1, -0.05) is 30.3 Å². The van der Waals surface area contributed by atoms with E-state index in [9.17, 15) is 13.9 Å². The largest absolute Gasteiger partial charge is 0.379 e. The van der Waals surface area contributed by atoms with E-state index in [1.807, 2.05) is 0 Å². The molecule has 0 aliphatic carbocycles. The number of rotatable bonds is 1. The molecule has 1 aliphatic rings. The number of hydrogen-bond acceptors (Lipinski definition) is 2. The highest BCUT2D eigenvalue weighted by Crippen LogP contribution is 2.43. The predicted molar refractivity (Wildman–Crippen MR) is 57.4 cm³/mol. The van der Waals surface area contributed by atoms with Gasteiger partial charge < -0.3 is 10.0 Å². The van der Waals surface area contributed by atoms with Gasteiger partial charge >= 0.3 is 0 Å². The van der Waals surface area contributed by atoms with Gasteiger partial charge in [0.15, 0.2) is 5.60 Å². The van der Waals surface area contributed by atoms with E-state index in [2.05, 4.69) is 0 Å². The number of piperidine rings is 1. The molecular weight excluding hydrogens is 212 g/mol. The van der Waals surface area contributed by atoms with Crippen molar-refractivity contribution in [1.29, 1.82) is 0 Å². The summed E-state index contributed by atoms with van der Waals surface area (Å²) in [5, 5.41) is 10.2. The van der Waals surface area contributed by atoms with Crippen LogP contribution in [0.4, 0.5) is 8.78 Å². The van der Waals surface area contributed by atoms with Crippen LogP contribution in [0.25, 0.3) is 0 Å². The Kier molecular flexibility index (Phi) is 2.72. The third kappa shape index (κ3) is 1.72. The summed E-state index contributed by atoms with van der Waals surface area (Å²) < 4.78 is 27.8. The van der Waals surface area contributed by atoms with Crippen LogP contribution in [0.15, 0.2) is 30.3 Å². The van der Waals surface area contributed by atoms with E-state index in [4.69, 9.17) is 0 Å². The normalized spacial score (nSPS) is 30.2. The van der Waals surface area contributed by atoms with Gasteiger partial charge in [-0.15, -0.1) is 0 Å². The molecule has 1 N–H and O–H groups in total. The van der Waals surface area contributed by atoms with E-state index < -0.39 is 18.1 Å². The highest BCUT2D eigenvalue weighted by molar-refractivity contribution is 5.26. The highest BCUT2D eigenvalue weighted by Gasteiger charge is 2.56. The third-order valence-electron chi connectivity index (χ3n) is 3.18. The molecule has 1 aromatic carbocycles. The second-order valence-corrected chi connectivity index (χ2v) is 4.42. The summed E-state index contributed by atoms with van der Waals surface area (Å²) in [6.07, 6.45) is 0.0561. The maximum Gasteiger partial charge on any atom is 0.292 e. The molecule has 0 radical (unpaired) electrons. The summed E-state index contributed by atoms with van der Waals surface area (Å²) in [5.74, 6) is -3.11. The molecule has 4 heteroatoms. The molecule has 88 valence electrons. The Hall–Kier alpha value is -1.00. The lowest BCUT2D eigenvalue weighted by Gasteiger charge is -2.43. The quantitative estimate of drug-likeness (QED) is 0.791. The number of likely N-dealkylation sites (tertiary alicyclic amines) is 1. The van der Waals surface area contributed by atoms with Crippen LogP contribution in [0, 0.1) is 0 Å². The van der Waals surface area contributed by atoms with Crippen LogP contribution in [-0.4, -0.2) is 36.1 Å². The van der Waals surface area contributed by atoms with E-state index in [0.717, 1.165) is 0 Å². The molecule has 1 unspecified atom stereocenters. The fourth-order valence-corrected chi connectivity index (χ4v) is 2.15. The van der Waals surface area contributed by atoms with Crippen molar-refractivity contribution in [1.82, 2.24) is 4.90 Å². The van der Waals surface area contributed by atoms with Crippen LogP contribution >= 0.6 is 0 Å². The minimum atomic E-state index is -3.11. The summed E-state index contributed by atoms with van der Waals surface area (Å²) >= 11 is 0. The van der Waals surface area contributed by atoms with Crippen molar-refractivity contribution in [2.75, 3.05) is 20.1 Å². The second-order valence-electron chi connectivity index (χ2n) is 4.42. The Bertz CT molecular complexity index is 369. The van der Waals surface area contributed by atoms with E-state index in [-0.39, 0.29) is 6.42 Å². The average Bonchev–Trinajstić information content (AvgIpc) is 2.25. The molecule has 1 heterocycles. The summed E-state index contributed by atoms with van der Waals surface area (Å²) in [5.41, 5.74) is -1.73. The molecule has 16 heavy (non-hydrogen) atoms. The van der Waals surface area contributed by atoms with Crippen LogP contribution in [0.1, 0.15) is 12.0 Å². The lowest BCUT2D eigenvalue weighted by atomic mass is 9.81. The summed E-state index contributed by atoms with van der Waals surface area (Å²) in [4.78, 5) is 1.54. The van der Waals surface area contributed by atoms with Crippen LogP contribution in [0.2, 0.25) is 0 Å². The van der Waals surface area contributed by atoms with Gasteiger partial charge in [-0.25, -0.2) is 8.78 Å². The first-order valence-corrected chi connectivity index (χ1v) is 5.30. The van der Waals surface area contributed by atoms with Crippen LogP contribution in [0.3, 0.4) is 0 Å². The van der Waals surface area contributed by atoms with E-state index in [1.54, 1.807) is 37.4 Å². The molecule has 1 saturated heterocycles. The number of nitrogens with zero attached hydrogens (tertiary/aromatic N) is 1. The van der Waals surface area contributed by atoms with Gasteiger partial charge in [0.2, 0.25) is 0 Å². The zero-order valence-corrected chi connectivity index (χ0v) is 9.16. The van der Waals surface area contributed by atoms with Gasteiger partial charge in [0, 0.05) is 6.54 Å². The van der Waals surface area contributed by atoms with Crippen molar-refractivity contribution < 1.29 is 13.9 Å². The van der Waals surface area contributed by atoms with Crippen LogP contribution in [0.5, 0.6) is 0 Å². The highest BCUT2D eigenvalue weighted by atomic mass is 19.3. The topological polar surface area (TPSA) is 23.5 Å². The number of benzene rings is 1. The van der Waals surface area contributed by atoms with Crippen molar-refractivity contribution >= 4 is 0 Å². The monoisotopic (exact) mass is 227 g/mol. The number of halogens is 2. The number of alkyl halides is 2. The lowest BCUT2D eigenvalue weighted by Crippen LogP contribution is -2.57. The first kappa shape index (κ1) is 11.5. The molecule has 0 bridgehead atoms. The third-order valence-corrected chi connectivity index (χ3v) is 3.18. The number of hydrogen-bond donors (Lipinski definition) is 1. The molecule has 2 nitrogen and oxygen atoms in total. The zero-order chi connectivity index (χ0) is 11.8. The summed E-state index contributed by atoms with van der Waals surface area (Å²) in [6, 6.07) is 8.20.